The number of hydrogen-bond acceptors (Lipinski definition) is 4. The number of rotatable bonds is 3. The number of amides is 1. The summed E-state index contributed by atoms with van der Waals surface area (Å²) in [6.45, 7) is 3.14. The first kappa shape index (κ1) is 15.6. The van der Waals surface area contributed by atoms with Crippen LogP contribution in [0.2, 0.25) is 0 Å². The van der Waals surface area contributed by atoms with Crippen molar-refractivity contribution in [1.82, 2.24) is 4.90 Å². The predicted octanol–water partition coefficient (Wildman–Crippen LogP) is 3.03. The zero-order chi connectivity index (χ0) is 17.2. The summed E-state index contributed by atoms with van der Waals surface area (Å²) in [5.41, 5.74) is 2.68. The second-order valence-corrected chi connectivity index (χ2v) is 6.32. The van der Waals surface area contributed by atoms with E-state index in [9.17, 15) is 9.90 Å². The van der Waals surface area contributed by atoms with Crippen LogP contribution in [-0.4, -0.2) is 42.1 Å². The van der Waals surface area contributed by atoms with Gasteiger partial charge in [-0.15, -0.1) is 0 Å². The fourth-order valence-corrected chi connectivity index (χ4v) is 3.34. The van der Waals surface area contributed by atoms with Gasteiger partial charge in [-0.25, -0.2) is 0 Å². The lowest BCUT2D eigenvalue weighted by atomic mass is 10.1. The number of anilines is 1. The van der Waals surface area contributed by atoms with E-state index in [4.69, 9.17) is 4.42 Å². The first-order chi connectivity index (χ1) is 12.2. The SMILES string of the molecule is O=C(Cc1coc2cc(O)ccc12)N1CCN(c2ccccc2)CC1. The normalized spacial score (nSPS) is 14.9. The van der Waals surface area contributed by atoms with Crippen LogP contribution in [0.5, 0.6) is 5.75 Å². The third-order valence-electron chi connectivity index (χ3n) is 4.73. The van der Waals surface area contributed by atoms with Gasteiger partial charge in [-0.2, -0.15) is 0 Å². The fraction of sp³-hybridized carbons (Fsp3) is 0.250. The van der Waals surface area contributed by atoms with Gasteiger partial charge < -0.3 is 19.3 Å². The number of piperazine rings is 1. The van der Waals surface area contributed by atoms with Gasteiger partial charge in [0.05, 0.1) is 12.7 Å². The van der Waals surface area contributed by atoms with E-state index in [0.29, 0.717) is 12.0 Å². The van der Waals surface area contributed by atoms with Crippen molar-refractivity contribution < 1.29 is 14.3 Å². The van der Waals surface area contributed by atoms with Crippen LogP contribution in [0.1, 0.15) is 5.56 Å². The van der Waals surface area contributed by atoms with E-state index in [2.05, 4.69) is 17.0 Å². The summed E-state index contributed by atoms with van der Waals surface area (Å²) >= 11 is 0. The van der Waals surface area contributed by atoms with Crippen molar-refractivity contribution in [3.05, 3.63) is 60.4 Å². The Kier molecular flexibility index (Phi) is 4.06. The van der Waals surface area contributed by atoms with E-state index in [1.165, 1.54) is 5.69 Å². The summed E-state index contributed by atoms with van der Waals surface area (Å²) in [7, 11) is 0. The minimum atomic E-state index is 0.114. The Hall–Kier alpha value is -2.95. The summed E-state index contributed by atoms with van der Waals surface area (Å²) in [5.74, 6) is 0.278. The molecule has 128 valence electrons. The van der Waals surface area contributed by atoms with Crippen LogP contribution in [0, 0.1) is 0 Å². The molecule has 2 aromatic carbocycles. The van der Waals surface area contributed by atoms with Crippen LogP contribution in [0.15, 0.2) is 59.2 Å². The Bertz CT molecular complexity index is 880. The Morgan fingerprint density at radius 2 is 1.80 bits per heavy atom. The second-order valence-electron chi connectivity index (χ2n) is 6.32. The van der Waals surface area contributed by atoms with Crippen molar-refractivity contribution in [3.8, 4) is 5.75 Å². The highest BCUT2D eigenvalue weighted by molar-refractivity contribution is 5.88. The van der Waals surface area contributed by atoms with E-state index < -0.39 is 0 Å². The maximum Gasteiger partial charge on any atom is 0.227 e. The van der Waals surface area contributed by atoms with Crippen LogP contribution < -0.4 is 4.90 Å². The summed E-state index contributed by atoms with van der Waals surface area (Å²) in [5, 5.41) is 10.4. The van der Waals surface area contributed by atoms with Gasteiger partial charge >= 0.3 is 0 Å². The molecular weight excluding hydrogens is 316 g/mol. The summed E-state index contributed by atoms with van der Waals surface area (Å²) in [4.78, 5) is 16.9. The average molecular weight is 336 g/mol. The van der Waals surface area contributed by atoms with E-state index in [1.54, 1.807) is 24.5 Å². The Balaban J connectivity index is 1.40. The number of phenolic OH excluding ortho intramolecular Hbond substituents is 1. The molecule has 1 amide bonds. The molecule has 2 heterocycles. The highest BCUT2D eigenvalue weighted by Gasteiger charge is 2.22. The number of phenols is 1. The van der Waals surface area contributed by atoms with Gasteiger partial charge in [0, 0.05) is 48.9 Å². The number of nitrogens with zero attached hydrogens (tertiary/aromatic N) is 2. The van der Waals surface area contributed by atoms with Gasteiger partial charge in [-0.1, -0.05) is 18.2 Å². The average Bonchev–Trinajstić information content (AvgIpc) is 3.04. The molecule has 5 nitrogen and oxygen atoms in total. The van der Waals surface area contributed by atoms with Crippen LogP contribution in [0.4, 0.5) is 5.69 Å². The number of aromatic hydroxyl groups is 1. The standard InChI is InChI=1S/C20H20N2O3/c23-17-6-7-18-15(14-25-19(18)13-17)12-20(24)22-10-8-21(9-11-22)16-4-2-1-3-5-16/h1-7,13-14,23H,8-12H2. The molecule has 1 aliphatic rings. The van der Waals surface area contributed by atoms with Crippen LogP contribution in [0.25, 0.3) is 11.0 Å². The molecular formula is C20H20N2O3. The number of furan rings is 1. The van der Waals surface area contributed by atoms with Crippen molar-refractivity contribution in [2.75, 3.05) is 31.1 Å². The van der Waals surface area contributed by atoms with E-state index in [1.807, 2.05) is 23.1 Å². The maximum absolute atomic E-state index is 12.6. The molecule has 5 heteroatoms. The minimum absolute atomic E-state index is 0.114. The van der Waals surface area contributed by atoms with E-state index in [-0.39, 0.29) is 11.7 Å². The highest BCUT2D eigenvalue weighted by Crippen LogP contribution is 2.26. The molecule has 3 aromatic rings. The van der Waals surface area contributed by atoms with Gasteiger partial charge in [-0.05, 0) is 24.3 Å². The molecule has 1 fully saturated rings. The Morgan fingerprint density at radius 3 is 2.56 bits per heavy atom. The number of benzene rings is 2. The summed E-state index contributed by atoms with van der Waals surface area (Å²) in [6.07, 6.45) is 1.94. The van der Waals surface area contributed by atoms with Crippen LogP contribution in [-0.2, 0) is 11.2 Å². The van der Waals surface area contributed by atoms with Crippen molar-refractivity contribution in [3.63, 3.8) is 0 Å². The molecule has 0 unspecified atom stereocenters. The molecule has 1 aromatic heterocycles. The zero-order valence-corrected chi connectivity index (χ0v) is 13.9. The number of hydrogen-bond donors (Lipinski definition) is 1. The molecule has 0 bridgehead atoms. The number of fused-ring (bicyclic) bond motifs is 1. The van der Waals surface area contributed by atoms with Crippen LogP contribution >= 0.6 is 0 Å². The molecule has 25 heavy (non-hydrogen) atoms. The summed E-state index contributed by atoms with van der Waals surface area (Å²) in [6, 6.07) is 15.3. The molecule has 0 spiro atoms. The quantitative estimate of drug-likeness (QED) is 0.799. The number of carbonyl (C=O) groups is 1. The fourth-order valence-electron chi connectivity index (χ4n) is 3.34. The zero-order valence-electron chi connectivity index (χ0n) is 13.9. The first-order valence-corrected chi connectivity index (χ1v) is 8.47. The molecule has 1 saturated heterocycles. The lowest BCUT2D eigenvalue weighted by Crippen LogP contribution is -2.49. The van der Waals surface area contributed by atoms with E-state index >= 15 is 0 Å². The molecule has 1 N–H and O–H groups in total. The third-order valence-corrected chi connectivity index (χ3v) is 4.73. The van der Waals surface area contributed by atoms with Crippen molar-refractivity contribution in [2.45, 2.75) is 6.42 Å². The first-order valence-electron chi connectivity index (χ1n) is 8.47. The van der Waals surface area contributed by atoms with Gasteiger partial charge in [-0.3, -0.25) is 4.79 Å². The lowest BCUT2D eigenvalue weighted by molar-refractivity contribution is -0.130. The lowest BCUT2D eigenvalue weighted by Gasteiger charge is -2.36. The third kappa shape index (κ3) is 3.18. The predicted molar refractivity (Wildman–Crippen MR) is 96.8 cm³/mol. The number of carbonyl (C=O) groups excluding carboxylic acids is 1. The van der Waals surface area contributed by atoms with Crippen molar-refractivity contribution in [2.24, 2.45) is 0 Å². The Labute approximate surface area is 146 Å². The van der Waals surface area contributed by atoms with Crippen LogP contribution in [0.3, 0.4) is 0 Å². The molecule has 4 rings (SSSR count). The van der Waals surface area contributed by atoms with E-state index in [0.717, 1.165) is 37.1 Å². The monoisotopic (exact) mass is 336 g/mol. The topological polar surface area (TPSA) is 56.9 Å². The minimum Gasteiger partial charge on any atom is -0.508 e. The highest BCUT2D eigenvalue weighted by atomic mass is 16.3. The number of para-hydroxylation sites is 1. The van der Waals surface area contributed by atoms with Crippen molar-refractivity contribution in [1.29, 1.82) is 0 Å². The molecule has 0 saturated carbocycles. The summed E-state index contributed by atoms with van der Waals surface area (Å²) < 4.78 is 5.45. The molecule has 1 aliphatic heterocycles. The van der Waals surface area contributed by atoms with Crippen molar-refractivity contribution >= 4 is 22.6 Å². The second kappa shape index (κ2) is 6.51. The molecule has 0 radical (unpaired) electrons. The van der Waals surface area contributed by atoms with Gasteiger partial charge in [0.1, 0.15) is 11.3 Å². The maximum atomic E-state index is 12.6. The van der Waals surface area contributed by atoms with Gasteiger partial charge in [0.2, 0.25) is 5.91 Å². The Morgan fingerprint density at radius 1 is 1.04 bits per heavy atom. The molecule has 0 atom stereocenters. The smallest absolute Gasteiger partial charge is 0.227 e. The molecule has 0 aliphatic carbocycles. The largest absolute Gasteiger partial charge is 0.508 e. The van der Waals surface area contributed by atoms with Gasteiger partial charge in [0.15, 0.2) is 0 Å². The van der Waals surface area contributed by atoms with Gasteiger partial charge in [0.25, 0.3) is 0 Å².